The highest BCUT2D eigenvalue weighted by Gasteiger charge is 2.20. The number of methoxy groups -OCH3 is 1. The maximum absolute atomic E-state index is 9.21. The van der Waals surface area contributed by atoms with Gasteiger partial charge in [0.2, 0.25) is 0 Å². The SMILES string of the molecule is COC(C)(C)CC(O)CC#N. The van der Waals surface area contributed by atoms with E-state index in [0.29, 0.717) is 6.42 Å². The first-order valence-electron chi connectivity index (χ1n) is 3.62. The molecule has 0 radical (unpaired) electrons. The molecule has 0 aliphatic heterocycles. The van der Waals surface area contributed by atoms with E-state index >= 15 is 0 Å². The van der Waals surface area contributed by atoms with E-state index in [1.54, 1.807) is 7.11 Å². The topological polar surface area (TPSA) is 53.2 Å². The summed E-state index contributed by atoms with van der Waals surface area (Å²) in [7, 11) is 1.60. The average Bonchev–Trinajstić information content (AvgIpc) is 1.87. The van der Waals surface area contributed by atoms with Crippen LogP contribution in [0, 0.1) is 11.3 Å². The van der Waals surface area contributed by atoms with E-state index in [-0.39, 0.29) is 12.0 Å². The first kappa shape index (κ1) is 10.4. The summed E-state index contributed by atoms with van der Waals surface area (Å²) >= 11 is 0. The van der Waals surface area contributed by atoms with Crippen LogP contribution in [-0.4, -0.2) is 23.9 Å². The second kappa shape index (κ2) is 4.32. The van der Waals surface area contributed by atoms with E-state index in [9.17, 15) is 5.11 Å². The van der Waals surface area contributed by atoms with Crippen LogP contribution in [0.5, 0.6) is 0 Å². The van der Waals surface area contributed by atoms with Gasteiger partial charge in [0.25, 0.3) is 0 Å². The zero-order chi connectivity index (χ0) is 8.91. The fourth-order valence-electron chi connectivity index (χ4n) is 0.828. The van der Waals surface area contributed by atoms with Gasteiger partial charge in [0, 0.05) is 13.5 Å². The Morgan fingerprint density at radius 3 is 2.55 bits per heavy atom. The van der Waals surface area contributed by atoms with Crippen LogP contribution in [-0.2, 0) is 4.74 Å². The Balaban J connectivity index is 3.75. The number of hydrogen-bond donors (Lipinski definition) is 1. The summed E-state index contributed by atoms with van der Waals surface area (Å²) in [6.45, 7) is 3.77. The molecular formula is C8H15NO2. The second-order valence-electron chi connectivity index (χ2n) is 3.18. The first-order chi connectivity index (χ1) is 5.02. The Kier molecular flexibility index (Phi) is 4.09. The zero-order valence-electron chi connectivity index (χ0n) is 7.29. The summed E-state index contributed by atoms with van der Waals surface area (Å²) in [5, 5.41) is 17.5. The number of hydrogen-bond acceptors (Lipinski definition) is 3. The molecule has 1 atom stereocenters. The van der Waals surface area contributed by atoms with Gasteiger partial charge < -0.3 is 9.84 Å². The van der Waals surface area contributed by atoms with Crippen LogP contribution in [0.25, 0.3) is 0 Å². The number of ether oxygens (including phenoxy) is 1. The summed E-state index contributed by atoms with van der Waals surface area (Å²) in [4.78, 5) is 0. The van der Waals surface area contributed by atoms with Gasteiger partial charge in [0.1, 0.15) is 0 Å². The molecule has 0 rings (SSSR count). The molecule has 0 aliphatic rings. The lowest BCUT2D eigenvalue weighted by molar-refractivity contribution is -0.0181. The van der Waals surface area contributed by atoms with E-state index in [2.05, 4.69) is 0 Å². The third kappa shape index (κ3) is 4.77. The summed E-state index contributed by atoms with van der Waals surface area (Å²) in [5.74, 6) is 0. The molecule has 0 amide bonds. The first-order valence-corrected chi connectivity index (χ1v) is 3.62. The molecule has 0 aromatic carbocycles. The molecule has 0 saturated heterocycles. The predicted octanol–water partition coefficient (Wildman–Crippen LogP) is 1.08. The largest absolute Gasteiger partial charge is 0.392 e. The lowest BCUT2D eigenvalue weighted by Gasteiger charge is -2.24. The fraction of sp³-hybridized carbons (Fsp3) is 0.875. The summed E-state index contributed by atoms with van der Waals surface area (Å²) in [6, 6.07) is 1.91. The van der Waals surface area contributed by atoms with Gasteiger partial charge in [0.05, 0.1) is 24.2 Å². The van der Waals surface area contributed by atoms with Crippen LogP contribution in [0.2, 0.25) is 0 Å². The van der Waals surface area contributed by atoms with Gasteiger partial charge in [-0.3, -0.25) is 0 Å². The van der Waals surface area contributed by atoms with Gasteiger partial charge in [-0.15, -0.1) is 0 Å². The summed E-state index contributed by atoms with van der Waals surface area (Å²) in [5.41, 5.74) is -0.337. The lowest BCUT2D eigenvalue weighted by Crippen LogP contribution is -2.28. The van der Waals surface area contributed by atoms with Gasteiger partial charge in [-0.1, -0.05) is 0 Å². The molecule has 1 unspecified atom stereocenters. The number of nitriles is 1. The predicted molar refractivity (Wildman–Crippen MR) is 41.9 cm³/mol. The van der Waals surface area contributed by atoms with Crippen LogP contribution in [0.4, 0.5) is 0 Å². The number of rotatable bonds is 4. The highest BCUT2D eigenvalue weighted by Crippen LogP contribution is 2.16. The third-order valence-corrected chi connectivity index (χ3v) is 1.61. The maximum Gasteiger partial charge on any atom is 0.0697 e. The minimum absolute atomic E-state index is 0.173. The smallest absolute Gasteiger partial charge is 0.0697 e. The van der Waals surface area contributed by atoms with E-state index in [1.807, 2.05) is 19.9 Å². The monoisotopic (exact) mass is 157 g/mol. The van der Waals surface area contributed by atoms with Crippen molar-refractivity contribution in [2.24, 2.45) is 0 Å². The van der Waals surface area contributed by atoms with Crippen molar-refractivity contribution in [3.63, 3.8) is 0 Å². The molecule has 0 heterocycles. The molecule has 0 bridgehead atoms. The van der Waals surface area contributed by atoms with Crippen LogP contribution < -0.4 is 0 Å². The van der Waals surface area contributed by atoms with Crippen molar-refractivity contribution in [3.05, 3.63) is 0 Å². The Morgan fingerprint density at radius 2 is 2.18 bits per heavy atom. The number of nitrogens with zero attached hydrogens (tertiary/aromatic N) is 1. The molecule has 0 spiro atoms. The highest BCUT2D eigenvalue weighted by molar-refractivity contribution is 4.80. The lowest BCUT2D eigenvalue weighted by atomic mass is 9.99. The maximum atomic E-state index is 9.21. The molecule has 3 heteroatoms. The average molecular weight is 157 g/mol. The van der Waals surface area contributed by atoms with E-state index in [4.69, 9.17) is 10.00 Å². The highest BCUT2D eigenvalue weighted by atomic mass is 16.5. The Morgan fingerprint density at radius 1 is 1.64 bits per heavy atom. The quantitative estimate of drug-likeness (QED) is 0.664. The van der Waals surface area contributed by atoms with Crippen molar-refractivity contribution < 1.29 is 9.84 Å². The Bertz CT molecular complexity index is 149. The Hall–Kier alpha value is -0.590. The molecule has 0 aromatic rings. The summed E-state index contributed by atoms with van der Waals surface area (Å²) in [6.07, 6.45) is 0.0964. The summed E-state index contributed by atoms with van der Waals surface area (Å²) < 4.78 is 5.09. The van der Waals surface area contributed by atoms with Crippen LogP contribution in [0.1, 0.15) is 26.7 Å². The van der Waals surface area contributed by atoms with Crippen molar-refractivity contribution >= 4 is 0 Å². The normalized spacial score (nSPS) is 14.1. The standard InChI is InChI=1S/C8H15NO2/c1-8(2,11-3)6-7(10)4-5-9/h7,10H,4,6H2,1-3H3. The number of aliphatic hydroxyl groups excluding tert-OH is 1. The zero-order valence-corrected chi connectivity index (χ0v) is 7.29. The van der Waals surface area contributed by atoms with Crippen molar-refractivity contribution in [2.45, 2.75) is 38.4 Å². The molecule has 0 saturated carbocycles. The van der Waals surface area contributed by atoms with Crippen molar-refractivity contribution in [1.29, 1.82) is 5.26 Å². The van der Waals surface area contributed by atoms with E-state index in [0.717, 1.165) is 0 Å². The van der Waals surface area contributed by atoms with E-state index < -0.39 is 6.10 Å². The van der Waals surface area contributed by atoms with Crippen LogP contribution >= 0.6 is 0 Å². The molecule has 1 N–H and O–H groups in total. The second-order valence-corrected chi connectivity index (χ2v) is 3.18. The molecular weight excluding hydrogens is 142 g/mol. The Labute approximate surface area is 67.6 Å². The molecule has 64 valence electrons. The van der Waals surface area contributed by atoms with Gasteiger partial charge >= 0.3 is 0 Å². The van der Waals surface area contributed by atoms with Crippen LogP contribution in [0.3, 0.4) is 0 Å². The van der Waals surface area contributed by atoms with E-state index in [1.165, 1.54) is 0 Å². The molecule has 3 nitrogen and oxygen atoms in total. The molecule has 0 fully saturated rings. The minimum Gasteiger partial charge on any atom is -0.392 e. The molecule has 0 aromatic heterocycles. The van der Waals surface area contributed by atoms with Crippen molar-refractivity contribution in [3.8, 4) is 6.07 Å². The van der Waals surface area contributed by atoms with Gasteiger partial charge in [-0.25, -0.2) is 0 Å². The van der Waals surface area contributed by atoms with Crippen molar-refractivity contribution in [2.75, 3.05) is 7.11 Å². The fourth-order valence-corrected chi connectivity index (χ4v) is 0.828. The minimum atomic E-state index is -0.574. The van der Waals surface area contributed by atoms with Gasteiger partial charge in [-0.05, 0) is 13.8 Å². The van der Waals surface area contributed by atoms with Gasteiger partial charge in [0.15, 0.2) is 0 Å². The van der Waals surface area contributed by atoms with Crippen LogP contribution in [0.15, 0.2) is 0 Å². The van der Waals surface area contributed by atoms with Gasteiger partial charge in [-0.2, -0.15) is 5.26 Å². The number of aliphatic hydroxyl groups is 1. The third-order valence-electron chi connectivity index (χ3n) is 1.61. The molecule has 0 aliphatic carbocycles. The molecule has 11 heavy (non-hydrogen) atoms. The van der Waals surface area contributed by atoms with Crippen molar-refractivity contribution in [1.82, 2.24) is 0 Å².